The van der Waals surface area contributed by atoms with Gasteiger partial charge in [0.25, 0.3) is 0 Å². The molecule has 0 aliphatic carbocycles. The van der Waals surface area contributed by atoms with E-state index in [1.165, 1.54) is 6.08 Å². The molecule has 7 heteroatoms. The average molecular weight is 256 g/mol. The minimum atomic E-state index is -5.62. The Bertz CT molecular complexity index is 391. The molecule has 0 aliphatic rings. The van der Waals surface area contributed by atoms with Crippen molar-refractivity contribution in [1.82, 2.24) is 0 Å². The van der Waals surface area contributed by atoms with Crippen LogP contribution in [-0.2, 0) is 14.3 Å². The van der Waals surface area contributed by atoms with Crippen molar-refractivity contribution in [3.63, 3.8) is 0 Å². The fourth-order valence-electron chi connectivity index (χ4n) is 0.603. The van der Waals surface area contributed by atoms with Crippen molar-refractivity contribution in [1.29, 1.82) is 0 Å². The van der Waals surface area contributed by atoms with Crippen LogP contribution in [0.15, 0.2) is 36.6 Å². The van der Waals surface area contributed by atoms with Gasteiger partial charge in [-0.15, -0.1) is 0 Å². The van der Waals surface area contributed by atoms with Crippen LogP contribution in [0.2, 0.25) is 0 Å². The van der Waals surface area contributed by atoms with E-state index in [9.17, 15) is 21.6 Å². The van der Waals surface area contributed by atoms with Crippen LogP contribution in [0.5, 0.6) is 0 Å². The monoisotopic (exact) mass is 256 g/mol. The highest BCUT2D eigenvalue weighted by Gasteiger charge is 2.48. The van der Waals surface area contributed by atoms with Crippen LogP contribution in [-0.4, -0.2) is 13.9 Å². The Hall–Kier alpha value is -1.24. The van der Waals surface area contributed by atoms with Crippen LogP contribution in [0.3, 0.4) is 0 Å². The number of allylic oxidation sites excluding steroid dienone is 4. The molecule has 0 heterocycles. The fraction of sp³-hybridized carbons (Fsp3) is 0.333. The lowest BCUT2D eigenvalue weighted by Gasteiger charge is -2.09. The third kappa shape index (κ3) is 4.52. The minimum Gasteiger partial charge on any atom is -0.376 e. The first-order valence-corrected chi connectivity index (χ1v) is 5.65. The topological polar surface area (TPSA) is 43.4 Å². The molecule has 0 aliphatic heterocycles. The predicted octanol–water partition coefficient (Wildman–Crippen LogP) is 2.89. The van der Waals surface area contributed by atoms with Crippen LogP contribution >= 0.6 is 0 Å². The maximum Gasteiger partial charge on any atom is 0.534 e. The van der Waals surface area contributed by atoms with E-state index in [1.807, 2.05) is 6.92 Å². The highest BCUT2D eigenvalue weighted by atomic mass is 32.2. The van der Waals surface area contributed by atoms with Crippen LogP contribution in [0.4, 0.5) is 13.2 Å². The SMILES string of the molecule is C=CC(=CC=CCC)OS(=O)(=O)C(F)(F)F. The molecular formula is C9H11F3O3S. The zero-order valence-corrected chi connectivity index (χ0v) is 9.31. The summed E-state index contributed by atoms with van der Waals surface area (Å²) in [4.78, 5) is 0. The molecule has 0 spiro atoms. The lowest BCUT2D eigenvalue weighted by Crippen LogP contribution is -2.25. The molecule has 16 heavy (non-hydrogen) atoms. The molecule has 92 valence electrons. The Morgan fingerprint density at radius 2 is 2.00 bits per heavy atom. The molecule has 0 bridgehead atoms. The second-order valence-corrected chi connectivity index (χ2v) is 4.13. The van der Waals surface area contributed by atoms with Crippen molar-refractivity contribution >= 4 is 10.1 Å². The molecule has 0 aromatic heterocycles. The normalized spacial score (nSPS) is 14.1. The Balaban J connectivity index is 4.89. The van der Waals surface area contributed by atoms with Gasteiger partial charge in [-0.1, -0.05) is 25.7 Å². The number of hydrogen-bond donors (Lipinski definition) is 0. The van der Waals surface area contributed by atoms with Gasteiger partial charge < -0.3 is 4.18 Å². The molecule has 0 aromatic rings. The van der Waals surface area contributed by atoms with Crippen LogP contribution in [0.1, 0.15) is 13.3 Å². The van der Waals surface area contributed by atoms with Gasteiger partial charge in [0.1, 0.15) is 5.76 Å². The van der Waals surface area contributed by atoms with Gasteiger partial charge in [0, 0.05) is 0 Å². The molecule has 0 N–H and O–H groups in total. The van der Waals surface area contributed by atoms with Crippen LogP contribution in [0, 0.1) is 0 Å². The van der Waals surface area contributed by atoms with Crippen molar-refractivity contribution in [2.75, 3.05) is 0 Å². The Labute approximate surface area is 92.0 Å². The Morgan fingerprint density at radius 3 is 2.38 bits per heavy atom. The van der Waals surface area contributed by atoms with Gasteiger partial charge >= 0.3 is 15.6 Å². The smallest absolute Gasteiger partial charge is 0.376 e. The van der Waals surface area contributed by atoms with Crippen LogP contribution < -0.4 is 0 Å². The molecule has 3 nitrogen and oxygen atoms in total. The molecule has 0 atom stereocenters. The summed E-state index contributed by atoms with van der Waals surface area (Å²) in [6.07, 6.45) is 5.62. The summed E-state index contributed by atoms with van der Waals surface area (Å²) in [7, 11) is -5.62. The van der Waals surface area contributed by atoms with Crippen molar-refractivity contribution in [3.8, 4) is 0 Å². The average Bonchev–Trinajstić information content (AvgIpc) is 2.14. The van der Waals surface area contributed by atoms with E-state index >= 15 is 0 Å². The molecule has 0 saturated carbocycles. The highest BCUT2D eigenvalue weighted by molar-refractivity contribution is 7.87. The van der Waals surface area contributed by atoms with Crippen LogP contribution in [0.25, 0.3) is 0 Å². The summed E-state index contributed by atoms with van der Waals surface area (Å²) in [5.74, 6) is -0.484. The van der Waals surface area contributed by atoms with Crippen molar-refractivity contribution in [2.24, 2.45) is 0 Å². The summed E-state index contributed by atoms with van der Waals surface area (Å²) in [5.41, 5.74) is -5.44. The zero-order chi connectivity index (χ0) is 12.8. The van der Waals surface area contributed by atoms with E-state index in [0.717, 1.165) is 12.2 Å². The first-order valence-electron chi connectivity index (χ1n) is 4.24. The summed E-state index contributed by atoms with van der Waals surface area (Å²) in [6.45, 7) is 4.96. The van der Waals surface area contributed by atoms with Crippen molar-refractivity contribution < 1.29 is 25.8 Å². The van der Waals surface area contributed by atoms with E-state index in [1.54, 1.807) is 6.08 Å². The van der Waals surface area contributed by atoms with E-state index in [-0.39, 0.29) is 0 Å². The molecular weight excluding hydrogens is 245 g/mol. The summed E-state index contributed by atoms with van der Waals surface area (Å²) in [6, 6.07) is 0. The predicted molar refractivity (Wildman–Crippen MR) is 53.8 cm³/mol. The molecule has 0 saturated heterocycles. The van der Waals surface area contributed by atoms with Gasteiger partial charge in [0.05, 0.1) is 0 Å². The van der Waals surface area contributed by atoms with E-state index in [2.05, 4.69) is 10.8 Å². The molecule has 0 radical (unpaired) electrons. The zero-order valence-electron chi connectivity index (χ0n) is 8.49. The van der Waals surface area contributed by atoms with Gasteiger partial charge in [-0.05, 0) is 18.6 Å². The number of rotatable bonds is 5. The van der Waals surface area contributed by atoms with Crippen molar-refractivity contribution in [2.45, 2.75) is 18.9 Å². The standard InChI is InChI=1S/C9H11F3O3S/c1-3-5-6-7-8(4-2)15-16(13,14)9(10,11)12/h4-7H,2-3H2,1H3. The third-order valence-corrected chi connectivity index (χ3v) is 2.30. The highest BCUT2D eigenvalue weighted by Crippen LogP contribution is 2.26. The quantitative estimate of drug-likeness (QED) is 0.329. The van der Waals surface area contributed by atoms with E-state index in [0.29, 0.717) is 6.42 Å². The molecule has 0 unspecified atom stereocenters. The summed E-state index contributed by atoms with van der Waals surface area (Å²) in [5, 5.41) is 0. The second-order valence-electron chi connectivity index (χ2n) is 2.59. The van der Waals surface area contributed by atoms with Gasteiger partial charge in [0.15, 0.2) is 0 Å². The van der Waals surface area contributed by atoms with Gasteiger partial charge in [0.2, 0.25) is 0 Å². The van der Waals surface area contributed by atoms with Crippen molar-refractivity contribution in [3.05, 3.63) is 36.6 Å². The summed E-state index contributed by atoms with van der Waals surface area (Å²) < 4.78 is 60.8. The fourth-order valence-corrected chi connectivity index (χ4v) is 1.07. The molecule has 0 fully saturated rings. The summed E-state index contributed by atoms with van der Waals surface area (Å²) >= 11 is 0. The van der Waals surface area contributed by atoms with Gasteiger partial charge in [-0.25, -0.2) is 0 Å². The maximum absolute atomic E-state index is 11.9. The molecule has 0 amide bonds. The number of halogens is 3. The van der Waals surface area contributed by atoms with Gasteiger partial charge in [-0.3, -0.25) is 0 Å². The van der Waals surface area contributed by atoms with Gasteiger partial charge in [-0.2, -0.15) is 21.6 Å². The number of hydrogen-bond acceptors (Lipinski definition) is 3. The maximum atomic E-state index is 11.9. The van der Waals surface area contributed by atoms with E-state index in [4.69, 9.17) is 0 Å². The largest absolute Gasteiger partial charge is 0.534 e. The minimum absolute atomic E-state index is 0.484. The molecule has 0 aromatic carbocycles. The Morgan fingerprint density at radius 1 is 1.44 bits per heavy atom. The lowest BCUT2D eigenvalue weighted by molar-refractivity contribution is -0.0519. The Kier molecular flexibility index (Phi) is 5.29. The first-order chi connectivity index (χ1) is 7.24. The lowest BCUT2D eigenvalue weighted by atomic mass is 10.3. The third-order valence-electron chi connectivity index (χ3n) is 1.32. The second kappa shape index (κ2) is 5.74. The molecule has 0 rings (SSSR count). The first kappa shape index (κ1) is 14.8. The van der Waals surface area contributed by atoms with E-state index < -0.39 is 21.4 Å². The number of alkyl halides is 3.